The van der Waals surface area contributed by atoms with Crippen LogP contribution < -0.4 is 4.57 Å². The molecule has 0 aliphatic carbocycles. The Bertz CT molecular complexity index is 269. The van der Waals surface area contributed by atoms with E-state index in [2.05, 4.69) is 23.5 Å². The first-order valence-corrected chi connectivity index (χ1v) is 4.41. The second-order valence-corrected chi connectivity index (χ2v) is 2.84. The van der Waals surface area contributed by atoms with Gasteiger partial charge < -0.3 is 15.3 Å². The van der Waals surface area contributed by atoms with E-state index < -0.39 is 5.09 Å². The van der Waals surface area contributed by atoms with Crippen LogP contribution in [-0.4, -0.2) is 10.1 Å². The van der Waals surface area contributed by atoms with E-state index in [4.69, 9.17) is 15.3 Å². The summed E-state index contributed by atoms with van der Waals surface area (Å²) in [5, 5.41) is 14.8. The lowest BCUT2D eigenvalue weighted by Gasteiger charge is -1.91. The molecular weight excluding hydrogens is 186 g/mol. The first-order chi connectivity index (χ1) is 6.57. The van der Waals surface area contributed by atoms with Crippen LogP contribution in [0.1, 0.15) is 25.6 Å². The van der Waals surface area contributed by atoms with Crippen LogP contribution in [0.2, 0.25) is 0 Å². The largest absolute Gasteiger partial charge is 0.356 e. The summed E-state index contributed by atoms with van der Waals surface area (Å²) in [5.74, 6) is 1.32. The summed E-state index contributed by atoms with van der Waals surface area (Å²) in [4.78, 5) is 11.5. The van der Waals surface area contributed by atoms with E-state index >= 15 is 0 Å². The van der Waals surface area contributed by atoms with Crippen molar-refractivity contribution in [3.63, 3.8) is 0 Å². The van der Waals surface area contributed by atoms with Gasteiger partial charge in [-0.1, -0.05) is 13.3 Å². The molecule has 6 heteroatoms. The monoisotopic (exact) mass is 201 g/mol. The van der Waals surface area contributed by atoms with E-state index in [1.807, 2.05) is 12.4 Å². The molecule has 0 spiro atoms. The van der Waals surface area contributed by atoms with Gasteiger partial charge in [-0.25, -0.2) is 9.55 Å². The highest BCUT2D eigenvalue weighted by molar-refractivity contribution is 4.76. The number of hydrogen-bond donors (Lipinski definition) is 1. The van der Waals surface area contributed by atoms with Crippen LogP contribution in [0.25, 0.3) is 0 Å². The third-order valence-electron chi connectivity index (χ3n) is 1.74. The van der Waals surface area contributed by atoms with Gasteiger partial charge in [0.2, 0.25) is 0 Å². The van der Waals surface area contributed by atoms with Crippen molar-refractivity contribution in [2.45, 2.75) is 26.2 Å². The van der Waals surface area contributed by atoms with Gasteiger partial charge in [-0.15, -0.1) is 0 Å². The summed E-state index contributed by atoms with van der Waals surface area (Å²) in [6, 6.07) is 0. The van der Waals surface area contributed by atoms with Gasteiger partial charge in [0.25, 0.3) is 5.82 Å². The van der Waals surface area contributed by atoms with Gasteiger partial charge in [0.05, 0.1) is 12.1 Å². The number of rotatable bonds is 3. The van der Waals surface area contributed by atoms with Crippen LogP contribution in [0.5, 0.6) is 0 Å². The highest BCUT2D eigenvalue weighted by atomic mass is 16.9. The average Bonchev–Trinajstić information content (AvgIpc) is 2.47. The summed E-state index contributed by atoms with van der Waals surface area (Å²) in [6.45, 7) is 2.21. The molecule has 80 valence electrons. The summed E-state index contributed by atoms with van der Waals surface area (Å²) >= 11 is 0. The Labute approximate surface area is 82.3 Å². The van der Waals surface area contributed by atoms with E-state index in [1.165, 1.54) is 25.1 Å². The molecule has 6 nitrogen and oxygen atoms in total. The smallest absolute Gasteiger partial charge is 0.253 e. The van der Waals surface area contributed by atoms with E-state index in [1.54, 1.807) is 0 Å². The van der Waals surface area contributed by atoms with Gasteiger partial charge in [0.15, 0.2) is 0 Å². The minimum Gasteiger partial charge on any atom is -0.356 e. The van der Waals surface area contributed by atoms with Crippen LogP contribution in [0.4, 0.5) is 0 Å². The van der Waals surface area contributed by atoms with Crippen LogP contribution in [-0.2, 0) is 13.5 Å². The maximum absolute atomic E-state index is 8.25. The number of aryl methyl sites for hydroxylation is 2. The van der Waals surface area contributed by atoms with Crippen molar-refractivity contribution < 1.29 is 9.65 Å². The fourth-order valence-corrected chi connectivity index (χ4v) is 1.03. The second kappa shape index (κ2) is 6.88. The molecule has 0 bridgehead atoms. The molecule has 1 aromatic heterocycles. The quantitative estimate of drug-likeness (QED) is 0.448. The number of H-pyrrole nitrogens is 1. The Morgan fingerprint density at radius 2 is 2.14 bits per heavy atom. The molecule has 0 aliphatic heterocycles. The van der Waals surface area contributed by atoms with Crippen molar-refractivity contribution in [2.24, 2.45) is 7.05 Å². The molecule has 0 unspecified atom stereocenters. The van der Waals surface area contributed by atoms with Crippen LogP contribution in [0, 0.1) is 15.3 Å². The average molecular weight is 201 g/mol. The number of imidazole rings is 1. The topological polar surface area (TPSA) is 85.9 Å². The lowest BCUT2D eigenvalue weighted by Crippen LogP contribution is -2.30. The van der Waals surface area contributed by atoms with Gasteiger partial charge in [0.1, 0.15) is 12.4 Å². The molecular formula is C8H15N3O3. The van der Waals surface area contributed by atoms with Gasteiger partial charge >= 0.3 is 0 Å². The number of aromatic amines is 1. The van der Waals surface area contributed by atoms with Gasteiger partial charge in [-0.2, -0.15) is 0 Å². The molecule has 0 amide bonds. The predicted molar refractivity (Wildman–Crippen MR) is 50.9 cm³/mol. The molecule has 1 heterocycles. The number of nitrogens with one attached hydrogen (secondary N) is 1. The summed E-state index contributed by atoms with van der Waals surface area (Å²) in [5.41, 5.74) is 0. The minimum absolute atomic E-state index is 1.17. The molecule has 14 heavy (non-hydrogen) atoms. The molecule has 0 aromatic carbocycles. The maximum Gasteiger partial charge on any atom is 0.253 e. The fraction of sp³-hybridized carbons (Fsp3) is 0.625. The molecule has 0 aliphatic rings. The highest BCUT2D eigenvalue weighted by Gasteiger charge is 2.03. The molecule has 1 aromatic rings. The van der Waals surface area contributed by atoms with E-state index in [-0.39, 0.29) is 0 Å². The second-order valence-electron chi connectivity index (χ2n) is 2.84. The molecule has 0 fully saturated rings. The summed E-state index contributed by atoms with van der Waals surface area (Å²) in [6.07, 6.45) is 7.73. The molecule has 1 N–H and O–H groups in total. The highest BCUT2D eigenvalue weighted by Crippen LogP contribution is 1.94. The zero-order chi connectivity index (χ0) is 11.0. The standard InChI is InChI=1S/C8H14N2.NO3/c1-3-4-5-8-9-6-7-10(8)2;2-1(3)4/h6-7H,3-5H2,1-2H3;/q;-1/p+1. The molecule has 0 radical (unpaired) electrons. The Balaban J connectivity index is 0.000000364. The van der Waals surface area contributed by atoms with Gasteiger partial charge in [-0.05, 0) is 6.42 Å². The zero-order valence-electron chi connectivity index (χ0n) is 8.40. The summed E-state index contributed by atoms with van der Waals surface area (Å²) in [7, 11) is 2.07. The number of nitrogens with zero attached hydrogens (tertiary/aromatic N) is 2. The molecule has 1 rings (SSSR count). The van der Waals surface area contributed by atoms with Crippen LogP contribution in [0.15, 0.2) is 12.4 Å². The SMILES string of the molecule is CCCCc1[nH]cc[n+]1C.O=[N+]([O-])[O-]. The molecule has 0 saturated heterocycles. The van der Waals surface area contributed by atoms with E-state index in [9.17, 15) is 0 Å². The summed E-state index contributed by atoms with van der Waals surface area (Å²) < 4.78 is 2.13. The number of aromatic nitrogens is 2. The zero-order valence-corrected chi connectivity index (χ0v) is 8.40. The maximum atomic E-state index is 8.25. The van der Waals surface area contributed by atoms with E-state index in [0.29, 0.717) is 0 Å². The Kier molecular flexibility index (Phi) is 6.09. The first-order valence-electron chi connectivity index (χ1n) is 4.41. The third-order valence-corrected chi connectivity index (χ3v) is 1.74. The Hall–Kier alpha value is -1.59. The Morgan fingerprint density at radius 1 is 1.57 bits per heavy atom. The van der Waals surface area contributed by atoms with Crippen LogP contribution >= 0.6 is 0 Å². The van der Waals surface area contributed by atoms with Gasteiger partial charge in [0, 0.05) is 6.42 Å². The Morgan fingerprint density at radius 3 is 2.50 bits per heavy atom. The first kappa shape index (κ1) is 12.4. The van der Waals surface area contributed by atoms with E-state index in [0.717, 1.165) is 0 Å². The minimum atomic E-state index is -1.75. The molecule has 0 saturated carbocycles. The number of unbranched alkanes of at least 4 members (excludes halogenated alkanes) is 1. The normalized spacial score (nSPS) is 9.00. The number of hydrogen-bond acceptors (Lipinski definition) is 3. The van der Waals surface area contributed by atoms with Gasteiger partial charge in [-0.3, -0.25) is 0 Å². The van der Waals surface area contributed by atoms with Crippen molar-refractivity contribution in [1.29, 1.82) is 0 Å². The lowest BCUT2D eigenvalue weighted by atomic mass is 10.2. The van der Waals surface area contributed by atoms with Crippen molar-refractivity contribution in [3.05, 3.63) is 33.5 Å². The van der Waals surface area contributed by atoms with Crippen molar-refractivity contribution in [1.82, 2.24) is 4.98 Å². The molecule has 0 atom stereocenters. The third kappa shape index (κ3) is 5.99. The van der Waals surface area contributed by atoms with Crippen molar-refractivity contribution in [2.75, 3.05) is 0 Å². The van der Waals surface area contributed by atoms with Crippen molar-refractivity contribution in [3.8, 4) is 0 Å². The predicted octanol–water partition coefficient (Wildman–Crippen LogP) is 0.943. The fourth-order valence-electron chi connectivity index (χ4n) is 1.03. The lowest BCUT2D eigenvalue weighted by molar-refractivity contribution is -0.677. The van der Waals surface area contributed by atoms with Crippen LogP contribution in [0.3, 0.4) is 0 Å². The van der Waals surface area contributed by atoms with Crippen molar-refractivity contribution >= 4 is 0 Å².